The molecule has 0 N–H and O–H groups in total. The monoisotopic (exact) mass is 203 g/mol. The standard InChI is InChI=1S/C11H13N3O/c1-10(15)13-6-8-14(9-7-13)11-2-4-12-5-3-11/h1-5H,6-9H2. The molecule has 1 saturated heterocycles. The van der Waals surface area contributed by atoms with Crippen molar-refractivity contribution in [1.82, 2.24) is 9.88 Å². The van der Waals surface area contributed by atoms with Gasteiger partial charge in [-0.3, -0.25) is 9.78 Å². The first-order valence-electron chi connectivity index (χ1n) is 4.97. The van der Waals surface area contributed by atoms with E-state index in [1.165, 1.54) is 0 Å². The van der Waals surface area contributed by atoms with Crippen LogP contribution in [0.3, 0.4) is 0 Å². The highest BCUT2D eigenvalue weighted by Crippen LogP contribution is 2.14. The predicted octanol–water partition coefficient (Wildman–Crippen LogP) is 0.441. The summed E-state index contributed by atoms with van der Waals surface area (Å²) in [6.45, 7) is 8.25. The van der Waals surface area contributed by atoms with Crippen LogP contribution in [0.4, 0.5) is 5.69 Å². The molecule has 2 heterocycles. The Labute approximate surface area is 89.5 Å². The van der Waals surface area contributed by atoms with Crippen LogP contribution in [0.2, 0.25) is 0 Å². The Bertz CT molecular complexity index is 331. The number of carbonyl (C=O) groups is 1. The Kier molecular flexibility index (Phi) is 2.85. The molecule has 0 saturated carbocycles. The number of piperazine rings is 1. The van der Waals surface area contributed by atoms with Crippen molar-refractivity contribution < 1.29 is 4.79 Å². The summed E-state index contributed by atoms with van der Waals surface area (Å²) in [5.41, 5.74) is 1.15. The van der Waals surface area contributed by atoms with Gasteiger partial charge in [-0.05, 0) is 12.1 Å². The fraction of sp³-hybridized carbons (Fsp3) is 0.364. The van der Waals surface area contributed by atoms with Gasteiger partial charge in [0.05, 0.1) is 6.92 Å². The maximum Gasteiger partial charge on any atom is 0.227 e. The lowest BCUT2D eigenvalue weighted by atomic mass is 10.2. The highest BCUT2D eigenvalue weighted by molar-refractivity contribution is 5.80. The van der Waals surface area contributed by atoms with E-state index in [2.05, 4.69) is 9.88 Å². The Hall–Kier alpha value is -1.58. The first-order chi connectivity index (χ1) is 7.27. The van der Waals surface area contributed by atoms with E-state index in [1.54, 1.807) is 17.3 Å². The van der Waals surface area contributed by atoms with Crippen LogP contribution < -0.4 is 4.90 Å². The summed E-state index contributed by atoms with van der Waals surface area (Å²) in [5, 5.41) is 0. The van der Waals surface area contributed by atoms with Gasteiger partial charge in [-0.25, -0.2) is 0 Å². The zero-order chi connectivity index (χ0) is 10.7. The maximum absolute atomic E-state index is 10.9. The average Bonchev–Trinajstić information content (AvgIpc) is 2.30. The Morgan fingerprint density at radius 2 is 1.80 bits per heavy atom. The Morgan fingerprint density at radius 1 is 1.20 bits per heavy atom. The lowest BCUT2D eigenvalue weighted by molar-refractivity contribution is -0.126. The van der Waals surface area contributed by atoms with Gasteiger partial charge in [0.15, 0.2) is 0 Å². The fourth-order valence-electron chi connectivity index (χ4n) is 1.74. The lowest BCUT2D eigenvalue weighted by Gasteiger charge is -2.35. The molecule has 0 aliphatic carbocycles. The smallest absolute Gasteiger partial charge is 0.227 e. The summed E-state index contributed by atoms with van der Waals surface area (Å²) in [5.74, 6) is -0.329. The van der Waals surface area contributed by atoms with Crippen LogP contribution in [0.5, 0.6) is 0 Å². The molecule has 0 atom stereocenters. The third-order valence-corrected chi connectivity index (χ3v) is 2.62. The molecule has 1 amide bonds. The topological polar surface area (TPSA) is 36.4 Å². The van der Waals surface area contributed by atoms with Gasteiger partial charge in [0.1, 0.15) is 0 Å². The quantitative estimate of drug-likeness (QED) is 0.664. The number of anilines is 1. The van der Waals surface area contributed by atoms with E-state index < -0.39 is 0 Å². The molecule has 78 valence electrons. The van der Waals surface area contributed by atoms with Gasteiger partial charge in [-0.1, -0.05) is 0 Å². The number of amides is 1. The normalized spacial score (nSPS) is 16.6. The number of rotatable bonds is 1. The zero-order valence-electron chi connectivity index (χ0n) is 8.47. The van der Waals surface area contributed by atoms with Gasteiger partial charge in [-0.15, -0.1) is 0 Å². The Morgan fingerprint density at radius 3 is 2.33 bits per heavy atom. The molecule has 1 aliphatic rings. The van der Waals surface area contributed by atoms with Crippen LogP contribution in [0.25, 0.3) is 0 Å². The number of carbonyl (C=O) groups excluding carboxylic acids is 1. The summed E-state index contributed by atoms with van der Waals surface area (Å²) in [6, 6.07) is 3.94. The van der Waals surface area contributed by atoms with Crippen LogP contribution in [-0.4, -0.2) is 42.0 Å². The summed E-state index contributed by atoms with van der Waals surface area (Å²) in [7, 11) is 0. The van der Waals surface area contributed by atoms with Gasteiger partial charge in [0.25, 0.3) is 0 Å². The molecule has 1 aliphatic heterocycles. The van der Waals surface area contributed by atoms with E-state index in [0.29, 0.717) is 13.1 Å². The lowest BCUT2D eigenvalue weighted by Crippen LogP contribution is -2.48. The van der Waals surface area contributed by atoms with Crippen LogP contribution in [0.1, 0.15) is 0 Å². The van der Waals surface area contributed by atoms with Crippen molar-refractivity contribution in [2.45, 2.75) is 0 Å². The first kappa shape index (κ1) is 9.96. The minimum Gasteiger partial charge on any atom is -0.368 e. The number of pyridine rings is 1. The minimum atomic E-state index is -0.329. The number of hydrogen-bond donors (Lipinski definition) is 0. The average molecular weight is 203 g/mol. The van der Waals surface area contributed by atoms with E-state index in [1.807, 2.05) is 12.1 Å². The van der Waals surface area contributed by atoms with Crippen molar-refractivity contribution in [1.29, 1.82) is 0 Å². The molecule has 0 aromatic carbocycles. The highest BCUT2D eigenvalue weighted by Gasteiger charge is 2.18. The summed E-state index contributed by atoms with van der Waals surface area (Å²) < 4.78 is 0. The Balaban J connectivity index is 1.97. The third kappa shape index (κ3) is 2.26. The van der Waals surface area contributed by atoms with Gasteiger partial charge >= 0.3 is 0 Å². The minimum absolute atomic E-state index is 0.329. The summed E-state index contributed by atoms with van der Waals surface area (Å²) in [4.78, 5) is 18.8. The van der Waals surface area contributed by atoms with E-state index in [4.69, 9.17) is 6.92 Å². The molecule has 0 bridgehead atoms. The van der Waals surface area contributed by atoms with Crippen molar-refractivity contribution in [3.05, 3.63) is 31.5 Å². The molecule has 4 heteroatoms. The van der Waals surface area contributed by atoms with Crippen LogP contribution in [0, 0.1) is 6.92 Å². The van der Waals surface area contributed by atoms with Crippen LogP contribution >= 0.6 is 0 Å². The van der Waals surface area contributed by atoms with Crippen LogP contribution in [-0.2, 0) is 4.79 Å². The molecule has 0 unspecified atom stereocenters. The molecule has 1 aromatic heterocycles. The maximum atomic E-state index is 10.9. The molecule has 1 aromatic rings. The van der Waals surface area contributed by atoms with Crippen molar-refractivity contribution in [3.8, 4) is 0 Å². The molecule has 2 radical (unpaired) electrons. The largest absolute Gasteiger partial charge is 0.368 e. The number of nitrogens with zero attached hydrogens (tertiary/aromatic N) is 3. The molecule has 15 heavy (non-hydrogen) atoms. The van der Waals surface area contributed by atoms with Crippen molar-refractivity contribution in [2.75, 3.05) is 31.1 Å². The van der Waals surface area contributed by atoms with E-state index in [0.717, 1.165) is 18.8 Å². The number of aromatic nitrogens is 1. The SMILES string of the molecule is [CH]C(=O)N1CCN(c2ccncc2)CC1. The van der Waals surface area contributed by atoms with Crippen molar-refractivity contribution in [3.63, 3.8) is 0 Å². The molecule has 4 nitrogen and oxygen atoms in total. The van der Waals surface area contributed by atoms with Crippen LogP contribution in [0.15, 0.2) is 24.5 Å². The van der Waals surface area contributed by atoms with Crippen molar-refractivity contribution >= 4 is 11.6 Å². The van der Waals surface area contributed by atoms with E-state index in [-0.39, 0.29) is 5.91 Å². The second-order valence-corrected chi connectivity index (χ2v) is 3.52. The fourth-order valence-corrected chi connectivity index (χ4v) is 1.74. The van der Waals surface area contributed by atoms with E-state index in [9.17, 15) is 4.79 Å². The molecule has 2 rings (SSSR count). The number of hydrogen-bond acceptors (Lipinski definition) is 3. The van der Waals surface area contributed by atoms with Gasteiger partial charge in [0.2, 0.25) is 5.91 Å². The molecule has 1 fully saturated rings. The second-order valence-electron chi connectivity index (χ2n) is 3.52. The third-order valence-electron chi connectivity index (χ3n) is 2.62. The van der Waals surface area contributed by atoms with Gasteiger partial charge < -0.3 is 9.80 Å². The predicted molar refractivity (Wildman–Crippen MR) is 57.3 cm³/mol. The van der Waals surface area contributed by atoms with Gasteiger partial charge in [0, 0.05) is 44.3 Å². The molecular formula is C11H13N3O. The van der Waals surface area contributed by atoms with E-state index >= 15 is 0 Å². The van der Waals surface area contributed by atoms with Crippen molar-refractivity contribution in [2.24, 2.45) is 0 Å². The first-order valence-corrected chi connectivity index (χ1v) is 4.97. The summed E-state index contributed by atoms with van der Waals surface area (Å²) >= 11 is 0. The zero-order valence-corrected chi connectivity index (χ0v) is 8.47. The molecular weight excluding hydrogens is 190 g/mol. The second kappa shape index (κ2) is 4.29. The highest BCUT2D eigenvalue weighted by atomic mass is 16.2. The van der Waals surface area contributed by atoms with Gasteiger partial charge in [-0.2, -0.15) is 0 Å². The summed E-state index contributed by atoms with van der Waals surface area (Å²) in [6.07, 6.45) is 3.55. The molecule has 0 spiro atoms.